The highest BCUT2D eigenvalue weighted by molar-refractivity contribution is 7.92. The number of nitrogens with zero attached hydrogens (tertiary/aromatic N) is 2. The monoisotopic (exact) mass is 569 g/mol. The molecule has 0 heterocycles. The summed E-state index contributed by atoms with van der Waals surface area (Å²) in [5.41, 5.74) is 1.74. The molecule has 1 N–H and O–H groups in total. The van der Waals surface area contributed by atoms with E-state index in [9.17, 15) is 22.4 Å². The van der Waals surface area contributed by atoms with Gasteiger partial charge in [-0.15, -0.1) is 0 Å². The molecule has 0 radical (unpaired) electrons. The van der Waals surface area contributed by atoms with Gasteiger partial charge in [0, 0.05) is 12.6 Å². The number of ether oxygens (including phenoxy) is 1. The molecule has 2 atom stereocenters. The SMILES string of the molecule is CC[C@H](C)NC(=O)[C@H](C)N(Cc1ccc(F)cc1)C(=O)CN(c1ccc(OC)cc1)S(=O)(=O)c1ccc(C)cc1. The number of benzene rings is 3. The molecule has 214 valence electrons. The zero-order valence-corrected chi connectivity index (χ0v) is 24.2. The van der Waals surface area contributed by atoms with Crippen molar-refractivity contribution in [3.05, 3.63) is 89.7 Å². The van der Waals surface area contributed by atoms with Gasteiger partial charge in [0.2, 0.25) is 11.8 Å². The second-order valence-corrected chi connectivity index (χ2v) is 11.5. The van der Waals surface area contributed by atoms with Gasteiger partial charge in [0.25, 0.3) is 10.0 Å². The molecule has 3 rings (SSSR count). The Hall–Kier alpha value is -3.92. The van der Waals surface area contributed by atoms with E-state index in [1.165, 1.54) is 48.4 Å². The van der Waals surface area contributed by atoms with Crippen molar-refractivity contribution >= 4 is 27.5 Å². The number of anilines is 1. The molecule has 0 aliphatic rings. The van der Waals surface area contributed by atoms with Gasteiger partial charge < -0.3 is 15.0 Å². The lowest BCUT2D eigenvalue weighted by atomic mass is 10.1. The zero-order valence-electron chi connectivity index (χ0n) is 23.4. The van der Waals surface area contributed by atoms with Gasteiger partial charge in [-0.25, -0.2) is 12.8 Å². The van der Waals surface area contributed by atoms with E-state index in [4.69, 9.17) is 4.74 Å². The summed E-state index contributed by atoms with van der Waals surface area (Å²) in [5.74, 6) is -0.875. The van der Waals surface area contributed by atoms with E-state index < -0.39 is 34.3 Å². The minimum absolute atomic E-state index is 0.0186. The van der Waals surface area contributed by atoms with Crippen molar-refractivity contribution in [1.82, 2.24) is 10.2 Å². The molecule has 40 heavy (non-hydrogen) atoms. The van der Waals surface area contributed by atoms with Crippen LogP contribution in [-0.2, 0) is 26.2 Å². The largest absolute Gasteiger partial charge is 0.497 e. The Morgan fingerprint density at radius 2 is 1.55 bits per heavy atom. The van der Waals surface area contributed by atoms with Gasteiger partial charge in [-0.3, -0.25) is 13.9 Å². The minimum atomic E-state index is -4.17. The van der Waals surface area contributed by atoms with Crippen molar-refractivity contribution in [3.63, 3.8) is 0 Å². The van der Waals surface area contributed by atoms with Gasteiger partial charge >= 0.3 is 0 Å². The molecule has 0 aliphatic carbocycles. The number of hydrogen-bond acceptors (Lipinski definition) is 5. The number of methoxy groups -OCH3 is 1. The maximum Gasteiger partial charge on any atom is 0.264 e. The number of amides is 2. The van der Waals surface area contributed by atoms with Crippen LogP contribution in [-0.4, -0.2) is 50.9 Å². The maximum atomic E-state index is 13.9. The zero-order chi connectivity index (χ0) is 29.4. The molecular weight excluding hydrogens is 533 g/mol. The Kier molecular flexibility index (Phi) is 10.3. The summed E-state index contributed by atoms with van der Waals surface area (Å²) in [7, 11) is -2.67. The van der Waals surface area contributed by atoms with E-state index in [0.717, 1.165) is 9.87 Å². The van der Waals surface area contributed by atoms with E-state index >= 15 is 0 Å². The first-order valence-electron chi connectivity index (χ1n) is 13.0. The molecule has 0 saturated carbocycles. The number of hydrogen-bond donors (Lipinski definition) is 1. The molecular formula is C30H36FN3O5S. The molecule has 2 amide bonds. The molecule has 0 bridgehead atoms. The van der Waals surface area contributed by atoms with Crippen LogP contribution in [0.3, 0.4) is 0 Å². The second kappa shape index (κ2) is 13.4. The summed E-state index contributed by atoms with van der Waals surface area (Å²) in [4.78, 5) is 28.3. The predicted molar refractivity (Wildman–Crippen MR) is 153 cm³/mol. The van der Waals surface area contributed by atoms with Crippen molar-refractivity contribution in [3.8, 4) is 5.75 Å². The van der Waals surface area contributed by atoms with Gasteiger partial charge in [0.1, 0.15) is 24.2 Å². The summed E-state index contributed by atoms with van der Waals surface area (Å²) < 4.78 is 47.5. The fraction of sp³-hybridized carbons (Fsp3) is 0.333. The lowest BCUT2D eigenvalue weighted by Crippen LogP contribution is -2.52. The number of sulfonamides is 1. The third kappa shape index (κ3) is 7.59. The standard InChI is InChI=1S/C30H36FN3O5S/c1-6-22(3)32-30(36)23(4)33(19-24-9-11-25(31)12-10-24)29(35)20-34(26-13-15-27(39-5)16-14-26)40(37,38)28-17-7-21(2)8-18-28/h7-18,22-23H,6,19-20H2,1-5H3,(H,32,36)/t22-,23-/m0/s1. The highest BCUT2D eigenvalue weighted by Crippen LogP contribution is 2.27. The number of aryl methyl sites for hydroxylation is 1. The van der Waals surface area contributed by atoms with Crippen molar-refractivity contribution in [1.29, 1.82) is 0 Å². The van der Waals surface area contributed by atoms with Crippen LogP contribution in [0.25, 0.3) is 0 Å². The van der Waals surface area contributed by atoms with Crippen molar-refractivity contribution in [2.75, 3.05) is 18.0 Å². The smallest absolute Gasteiger partial charge is 0.264 e. The Labute approximate surface area is 235 Å². The third-order valence-electron chi connectivity index (χ3n) is 6.68. The minimum Gasteiger partial charge on any atom is -0.497 e. The van der Waals surface area contributed by atoms with Crippen LogP contribution in [0.1, 0.15) is 38.3 Å². The van der Waals surface area contributed by atoms with E-state index in [1.54, 1.807) is 43.3 Å². The Morgan fingerprint density at radius 3 is 2.10 bits per heavy atom. The molecule has 10 heteroatoms. The van der Waals surface area contributed by atoms with E-state index in [2.05, 4.69) is 5.32 Å². The third-order valence-corrected chi connectivity index (χ3v) is 8.47. The summed E-state index contributed by atoms with van der Waals surface area (Å²) >= 11 is 0. The van der Waals surface area contributed by atoms with Crippen LogP contribution in [0.15, 0.2) is 77.7 Å². The molecule has 0 saturated heterocycles. The summed E-state index contributed by atoms with van der Waals surface area (Å²) in [5, 5.41) is 2.88. The average molecular weight is 570 g/mol. The summed E-state index contributed by atoms with van der Waals surface area (Å²) in [6.07, 6.45) is 0.699. The molecule has 0 fully saturated rings. The van der Waals surface area contributed by atoms with Crippen molar-refractivity contribution < 1.29 is 27.1 Å². The summed E-state index contributed by atoms with van der Waals surface area (Å²) in [6, 6.07) is 17.2. The van der Waals surface area contributed by atoms with E-state index in [-0.39, 0.29) is 29.1 Å². The van der Waals surface area contributed by atoms with Crippen LogP contribution < -0.4 is 14.4 Å². The second-order valence-electron chi connectivity index (χ2n) is 9.66. The van der Waals surface area contributed by atoms with Crippen LogP contribution in [0.4, 0.5) is 10.1 Å². The Balaban J connectivity index is 2.02. The molecule has 0 spiro atoms. The number of carbonyl (C=O) groups excluding carboxylic acids is 2. The van der Waals surface area contributed by atoms with Gasteiger partial charge in [0.15, 0.2) is 0 Å². The van der Waals surface area contributed by atoms with E-state index in [1.807, 2.05) is 20.8 Å². The molecule has 0 aromatic heterocycles. The highest BCUT2D eigenvalue weighted by Gasteiger charge is 2.32. The number of halogens is 1. The van der Waals surface area contributed by atoms with Crippen molar-refractivity contribution in [2.45, 2.75) is 57.6 Å². The normalized spacial score (nSPS) is 12.8. The summed E-state index contributed by atoms with van der Waals surface area (Å²) in [6.45, 7) is 6.64. The Morgan fingerprint density at radius 1 is 0.950 bits per heavy atom. The fourth-order valence-corrected chi connectivity index (χ4v) is 5.36. The van der Waals surface area contributed by atoms with Gasteiger partial charge in [0.05, 0.1) is 17.7 Å². The molecule has 8 nitrogen and oxygen atoms in total. The first kappa shape index (κ1) is 30.6. The van der Waals surface area contributed by atoms with Gasteiger partial charge in [-0.1, -0.05) is 36.8 Å². The lowest BCUT2D eigenvalue weighted by Gasteiger charge is -2.32. The van der Waals surface area contributed by atoms with Gasteiger partial charge in [-0.05, 0) is 81.3 Å². The first-order valence-corrected chi connectivity index (χ1v) is 14.5. The fourth-order valence-electron chi connectivity index (χ4n) is 3.95. The Bertz CT molecular complexity index is 1390. The molecule has 3 aromatic rings. The average Bonchev–Trinajstić information content (AvgIpc) is 2.95. The maximum absolute atomic E-state index is 13.9. The van der Waals surface area contributed by atoms with Crippen LogP contribution >= 0.6 is 0 Å². The predicted octanol–water partition coefficient (Wildman–Crippen LogP) is 4.67. The van der Waals surface area contributed by atoms with Crippen LogP contribution in [0.5, 0.6) is 5.75 Å². The van der Waals surface area contributed by atoms with E-state index in [0.29, 0.717) is 17.7 Å². The first-order chi connectivity index (χ1) is 19.0. The molecule has 0 aliphatic heterocycles. The number of carbonyl (C=O) groups is 2. The topological polar surface area (TPSA) is 96.0 Å². The lowest BCUT2D eigenvalue weighted by molar-refractivity contribution is -0.139. The number of rotatable bonds is 12. The number of nitrogens with one attached hydrogen (secondary N) is 1. The molecule has 3 aromatic carbocycles. The van der Waals surface area contributed by atoms with Crippen LogP contribution in [0.2, 0.25) is 0 Å². The molecule has 0 unspecified atom stereocenters. The van der Waals surface area contributed by atoms with Crippen molar-refractivity contribution in [2.24, 2.45) is 0 Å². The quantitative estimate of drug-likeness (QED) is 0.342. The van der Waals surface area contributed by atoms with Crippen LogP contribution in [0, 0.1) is 12.7 Å². The highest BCUT2D eigenvalue weighted by atomic mass is 32.2. The van der Waals surface area contributed by atoms with Gasteiger partial charge in [-0.2, -0.15) is 0 Å².